The van der Waals surface area contributed by atoms with Gasteiger partial charge in [-0.2, -0.15) is 0 Å². The Bertz CT molecular complexity index is 543. The Kier molecular flexibility index (Phi) is 10.8. The van der Waals surface area contributed by atoms with E-state index in [1.165, 1.54) is 12.0 Å². The lowest BCUT2D eigenvalue weighted by Gasteiger charge is -2.20. The van der Waals surface area contributed by atoms with Crippen molar-refractivity contribution in [3.63, 3.8) is 0 Å². The molecule has 1 aromatic rings. The van der Waals surface area contributed by atoms with Crippen LogP contribution in [-0.2, 0) is 6.54 Å². The maximum Gasteiger partial charge on any atom is 0.191 e. The summed E-state index contributed by atoms with van der Waals surface area (Å²) in [5, 5.41) is 6.78. The molecule has 0 aliphatic rings. The molecule has 0 atom stereocenters. The molecule has 2 N–H and O–H groups in total. The summed E-state index contributed by atoms with van der Waals surface area (Å²) in [5.74, 6) is 1.80. The molecule has 0 radical (unpaired) electrons. The van der Waals surface area contributed by atoms with E-state index in [2.05, 4.69) is 73.5 Å². The maximum absolute atomic E-state index is 5.88. The fourth-order valence-corrected chi connectivity index (χ4v) is 2.50. The summed E-state index contributed by atoms with van der Waals surface area (Å²) in [7, 11) is 3.99. The van der Waals surface area contributed by atoms with E-state index in [0.717, 1.165) is 49.8 Å². The highest BCUT2D eigenvalue weighted by atomic mass is 16.5. The molecule has 0 spiro atoms. The zero-order chi connectivity index (χ0) is 19.4. The molecule has 0 heterocycles. The summed E-state index contributed by atoms with van der Waals surface area (Å²) in [6, 6.07) is 6.96. The number of aliphatic imine (C=N–C) groups is 1. The van der Waals surface area contributed by atoms with Crippen LogP contribution in [0.1, 0.15) is 51.2 Å². The van der Waals surface area contributed by atoms with E-state index >= 15 is 0 Å². The standard InChI is InChI=1S/C21H38N4O/c1-7-14-26-20-15-18(4)10-11-19(20)16-24-21(22-5)23-12-8-9-13-25(6)17(2)3/h10-11,15,17H,7-9,12-14,16H2,1-6H3,(H2,22,23,24). The lowest BCUT2D eigenvalue weighted by molar-refractivity contribution is 0.268. The topological polar surface area (TPSA) is 48.9 Å². The molecule has 0 fully saturated rings. The van der Waals surface area contributed by atoms with Crippen molar-refractivity contribution in [1.82, 2.24) is 15.5 Å². The Labute approximate surface area is 160 Å². The van der Waals surface area contributed by atoms with Crippen LogP contribution in [0.3, 0.4) is 0 Å². The minimum atomic E-state index is 0.607. The predicted molar refractivity (Wildman–Crippen MR) is 112 cm³/mol. The van der Waals surface area contributed by atoms with Crippen LogP contribution in [0.25, 0.3) is 0 Å². The van der Waals surface area contributed by atoms with E-state index in [1.54, 1.807) is 0 Å². The molecular formula is C21H38N4O. The molecule has 0 amide bonds. The summed E-state index contributed by atoms with van der Waals surface area (Å²) >= 11 is 0. The maximum atomic E-state index is 5.88. The van der Waals surface area contributed by atoms with Gasteiger partial charge in [0.1, 0.15) is 5.75 Å². The zero-order valence-electron chi connectivity index (χ0n) is 17.6. The molecule has 0 unspecified atom stereocenters. The van der Waals surface area contributed by atoms with Crippen LogP contribution in [0.15, 0.2) is 23.2 Å². The average Bonchev–Trinajstić information content (AvgIpc) is 2.62. The van der Waals surface area contributed by atoms with Gasteiger partial charge in [-0.05, 0) is 65.3 Å². The predicted octanol–water partition coefficient (Wildman–Crippen LogP) is 3.57. The monoisotopic (exact) mass is 362 g/mol. The molecule has 1 rings (SSSR count). The van der Waals surface area contributed by atoms with Crippen LogP contribution in [0.5, 0.6) is 5.75 Å². The van der Waals surface area contributed by atoms with Gasteiger partial charge in [0.2, 0.25) is 0 Å². The number of hydrogen-bond acceptors (Lipinski definition) is 3. The summed E-state index contributed by atoms with van der Waals surface area (Å²) in [5.41, 5.74) is 2.37. The number of nitrogens with one attached hydrogen (secondary N) is 2. The van der Waals surface area contributed by atoms with Gasteiger partial charge in [-0.15, -0.1) is 0 Å². The third-order valence-corrected chi connectivity index (χ3v) is 4.47. The van der Waals surface area contributed by atoms with Crippen LogP contribution in [0.2, 0.25) is 0 Å². The summed E-state index contributed by atoms with van der Waals surface area (Å²) in [4.78, 5) is 6.69. The van der Waals surface area contributed by atoms with Crippen LogP contribution in [0, 0.1) is 6.92 Å². The van der Waals surface area contributed by atoms with E-state index in [-0.39, 0.29) is 0 Å². The smallest absolute Gasteiger partial charge is 0.191 e. The molecule has 0 aromatic heterocycles. The summed E-state index contributed by atoms with van der Waals surface area (Å²) in [6.45, 7) is 12.2. The van der Waals surface area contributed by atoms with E-state index in [4.69, 9.17) is 4.74 Å². The SMILES string of the molecule is CCCOc1cc(C)ccc1CNC(=NC)NCCCCN(C)C(C)C. The number of unbranched alkanes of at least 4 members (excludes halogenated alkanes) is 1. The number of guanidine groups is 1. The quantitative estimate of drug-likeness (QED) is 0.359. The van der Waals surface area contributed by atoms with Gasteiger partial charge in [-0.25, -0.2) is 0 Å². The van der Waals surface area contributed by atoms with Gasteiger partial charge in [-0.1, -0.05) is 19.1 Å². The normalized spacial score (nSPS) is 11.9. The van der Waals surface area contributed by atoms with Gasteiger partial charge < -0.3 is 20.3 Å². The van der Waals surface area contributed by atoms with E-state index in [1.807, 2.05) is 7.05 Å². The first-order valence-corrected chi connectivity index (χ1v) is 9.85. The van der Waals surface area contributed by atoms with Crippen molar-refractivity contribution in [1.29, 1.82) is 0 Å². The third-order valence-electron chi connectivity index (χ3n) is 4.47. The molecule has 1 aromatic carbocycles. The fraction of sp³-hybridized carbons (Fsp3) is 0.667. The third kappa shape index (κ3) is 8.56. The van der Waals surface area contributed by atoms with Crippen molar-refractivity contribution < 1.29 is 4.74 Å². The first kappa shape index (κ1) is 22.3. The van der Waals surface area contributed by atoms with Gasteiger partial charge in [0, 0.05) is 31.7 Å². The van der Waals surface area contributed by atoms with Crippen LogP contribution >= 0.6 is 0 Å². The first-order chi connectivity index (χ1) is 12.5. The van der Waals surface area contributed by atoms with Gasteiger partial charge >= 0.3 is 0 Å². The Balaban J connectivity index is 2.40. The van der Waals surface area contributed by atoms with Crippen LogP contribution < -0.4 is 15.4 Å². The molecule has 0 aliphatic heterocycles. The van der Waals surface area contributed by atoms with Crippen molar-refractivity contribution in [3.05, 3.63) is 29.3 Å². The van der Waals surface area contributed by atoms with E-state index in [0.29, 0.717) is 12.6 Å². The molecule has 0 saturated carbocycles. The lowest BCUT2D eigenvalue weighted by Crippen LogP contribution is -2.37. The molecule has 5 nitrogen and oxygen atoms in total. The van der Waals surface area contributed by atoms with Crippen LogP contribution in [-0.4, -0.2) is 50.7 Å². The molecule has 0 aliphatic carbocycles. The number of hydrogen-bond donors (Lipinski definition) is 2. The van der Waals surface area contributed by atoms with Gasteiger partial charge in [0.15, 0.2) is 5.96 Å². The second-order valence-corrected chi connectivity index (χ2v) is 7.09. The highest BCUT2D eigenvalue weighted by Crippen LogP contribution is 2.20. The summed E-state index contributed by atoms with van der Waals surface area (Å²) in [6.07, 6.45) is 3.33. The van der Waals surface area contributed by atoms with Gasteiger partial charge in [0.25, 0.3) is 0 Å². The Morgan fingerprint density at radius 3 is 2.65 bits per heavy atom. The lowest BCUT2D eigenvalue weighted by atomic mass is 10.1. The number of rotatable bonds is 11. The minimum absolute atomic E-state index is 0.607. The van der Waals surface area contributed by atoms with Crippen molar-refractivity contribution in [3.8, 4) is 5.75 Å². The second kappa shape index (κ2) is 12.6. The van der Waals surface area contributed by atoms with Gasteiger partial charge in [-0.3, -0.25) is 4.99 Å². The second-order valence-electron chi connectivity index (χ2n) is 7.09. The fourth-order valence-electron chi connectivity index (χ4n) is 2.50. The Morgan fingerprint density at radius 2 is 2.00 bits per heavy atom. The number of benzene rings is 1. The molecule has 26 heavy (non-hydrogen) atoms. The van der Waals surface area contributed by atoms with Crippen molar-refractivity contribution >= 4 is 5.96 Å². The molecule has 0 saturated heterocycles. The molecular weight excluding hydrogens is 324 g/mol. The number of aryl methyl sites for hydroxylation is 1. The Hall–Kier alpha value is -1.75. The van der Waals surface area contributed by atoms with Gasteiger partial charge in [0.05, 0.1) is 6.61 Å². The highest BCUT2D eigenvalue weighted by Gasteiger charge is 2.06. The molecule has 0 bridgehead atoms. The molecule has 148 valence electrons. The van der Waals surface area contributed by atoms with Crippen molar-refractivity contribution in [2.45, 2.75) is 59.5 Å². The molecule has 5 heteroatoms. The average molecular weight is 363 g/mol. The van der Waals surface area contributed by atoms with Crippen LogP contribution in [0.4, 0.5) is 0 Å². The van der Waals surface area contributed by atoms with Crippen molar-refractivity contribution in [2.75, 3.05) is 33.8 Å². The largest absolute Gasteiger partial charge is 0.493 e. The highest BCUT2D eigenvalue weighted by molar-refractivity contribution is 5.79. The minimum Gasteiger partial charge on any atom is -0.493 e. The van der Waals surface area contributed by atoms with E-state index < -0.39 is 0 Å². The number of ether oxygens (including phenoxy) is 1. The summed E-state index contributed by atoms with van der Waals surface area (Å²) < 4.78 is 5.88. The Morgan fingerprint density at radius 1 is 1.23 bits per heavy atom. The van der Waals surface area contributed by atoms with E-state index in [9.17, 15) is 0 Å². The number of nitrogens with zero attached hydrogens (tertiary/aromatic N) is 2. The zero-order valence-corrected chi connectivity index (χ0v) is 17.6. The van der Waals surface area contributed by atoms with Crippen molar-refractivity contribution in [2.24, 2.45) is 4.99 Å². The first-order valence-electron chi connectivity index (χ1n) is 9.85.